The molecule has 2 aromatic rings. The highest BCUT2D eigenvalue weighted by molar-refractivity contribution is 6.03. The molecule has 0 radical (unpaired) electrons. The average Bonchev–Trinajstić information content (AvgIpc) is 2.46. The molecular formula is C15H12N4O. The molecule has 1 aromatic heterocycles. The Morgan fingerprint density at radius 1 is 1.30 bits per heavy atom. The van der Waals surface area contributed by atoms with E-state index in [9.17, 15) is 10.1 Å². The van der Waals surface area contributed by atoms with Gasteiger partial charge in [0.2, 0.25) is 5.91 Å². The Kier molecular flexibility index (Phi) is 2.84. The van der Waals surface area contributed by atoms with Crippen molar-refractivity contribution in [3.05, 3.63) is 47.7 Å². The first-order chi connectivity index (χ1) is 9.69. The summed E-state index contributed by atoms with van der Waals surface area (Å²) in [7, 11) is 0. The lowest BCUT2D eigenvalue weighted by Crippen LogP contribution is -2.35. The molecule has 0 fully saturated rings. The van der Waals surface area contributed by atoms with Gasteiger partial charge in [-0.15, -0.1) is 0 Å². The zero-order valence-corrected chi connectivity index (χ0v) is 10.9. The first kappa shape index (κ1) is 12.2. The van der Waals surface area contributed by atoms with Crippen LogP contribution in [0.15, 0.2) is 36.4 Å². The molecule has 2 heterocycles. The van der Waals surface area contributed by atoms with Gasteiger partial charge in [0.05, 0.1) is 16.9 Å². The molecule has 20 heavy (non-hydrogen) atoms. The first-order valence-corrected chi connectivity index (χ1v) is 6.23. The second kappa shape index (κ2) is 4.67. The Bertz CT molecular complexity index is 733. The standard InChI is InChI=1S/C15H12N4O/c1-10-6-7-11(8-16)15(17-10)19-9-14(20)18-12-4-2-3-5-13(12)19/h2-7H,9H2,1H3,(H,18,20). The Balaban J connectivity index is 2.18. The number of aryl methyl sites for hydroxylation is 1. The third-order valence-corrected chi connectivity index (χ3v) is 3.16. The summed E-state index contributed by atoms with van der Waals surface area (Å²) in [6, 6.07) is 13.1. The topological polar surface area (TPSA) is 69.0 Å². The number of nitriles is 1. The van der Waals surface area contributed by atoms with Crippen LogP contribution in [-0.4, -0.2) is 17.4 Å². The highest BCUT2D eigenvalue weighted by atomic mass is 16.2. The fourth-order valence-corrected chi connectivity index (χ4v) is 2.26. The summed E-state index contributed by atoms with van der Waals surface area (Å²) < 4.78 is 0. The molecule has 0 saturated carbocycles. The number of carbonyl (C=O) groups excluding carboxylic acids is 1. The van der Waals surface area contributed by atoms with Gasteiger partial charge in [0, 0.05) is 5.69 Å². The van der Waals surface area contributed by atoms with Crippen LogP contribution < -0.4 is 10.2 Å². The van der Waals surface area contributed by atoms with Crippen molar-refractivity contribution in [2.24, 2.45) is 0 Å². The van der Waals surface area contributed by atoms with E-state index in [0.29, 0.717) is 11.4 Å². The van der Waals surface area contributed by atoms with Crippen LogP contribution in [0.2, 0.25) is 0 Å². The van der Waals surface area contributed by atoms with E-state index in [4.69, 9.17) is 0 Å². The third kappa shape index (κ3) is 1.97. The van der Waals surface area contributed by atoms with Crippen LogP contribution in [0.1, 0.15) is 11.3 Å². The molecule has 0 aliphatic carbocycles. The van der Waals surface area contributed by atoms with E-state index in [0.717, 1.165) is 17.1 Å². The normalized spacial score (nSPS) is 13.4. The summed E-state index contributed by atoms with van der Waals surface area (Å²) in [5.74, 6) is 0.408. The highest BCUT2D eigenvalue weighted by Crippen LogP contribution is 2.35. The van der Waals surface area contributed by atoms with Gasteiger partial charge >= 0.3 is 0 Å². The minimum Gasteiger partial charge on any atom is -0.323 e. The number of nitrogens with one attached hydrogen (secondary N) is 1. The van der Waals surface area contributed by atoms with E-state index in [1.54, 1.807) is 17.0 Å². The van der Waals surface area contributed by atoms with Crippen LogP contribution in [0.3, 0.4) is 0 Å². The summed E-state index contributed by atoms with van der Waals surface area (Å²) in [5, 5.41) is 12.1. The second-order valence-electron chi connectivity index (χ2n) is 4.59. The van der Waals surface area contributed by atoms with Gasteiger partial charge in [0.15, 0.2) is 5.82 Å². The third-order valence-electron chi connectivity index (χ3n) is 3.16. The number of aromatic nitrogens is 1. The monoisotopic (exact) mass is 264 g/mol. The number of amides is 1. The molecule has 1 N–H and O–H groups in total. The quantitative estimate of drug-likeness (QED) is 0.858. The van der Waals surface area contributed by atoms with Gasteiger partial charge in [-0.05, 0) is 31.2 Å². The summed E-state index contributed by atoms with van der Waals surface area (Å²) in [4.78, 5) is 18.0. The minimum atomic E-state index is -0.115. The van der Waals surface area contributed by atoms with E-state index < -0.39 is 0 Å². The van der Waals surface area contributed by atoms with Gasteiger partial charge in [-0.3, -0.25) is 4.79 Å². The lowest BCUT2D eigenvalue weighted by atomic mass is 10.1. The van der Waals surface area contributed by atoms with Crippen molar-refractivity contribution in [1.82, 2.24) is 4.98 Å². The Hall–Kier alpha value is -2.87. The second-order valence-corrected chi connectivity index (χ2v) is 4.59. The fraction of sp³-hybridized carbons (Fsp3) is 0.133. The van der Waals surface area contributed by atoms with Gasteiger partial charge in [-0.2, -0.15) is 5.26 Å². The summed E-state index contributed by atoms with van der Waals surface area (Å²) >= 11 is 0. The Morgan fingerprint density at radius 2 is 2.10 bits per heavy atom. The van der Waals surface area contributed by atoms with E-state index in [2.05, 4.69) is 16.4 Å². The Morgan fingerprint density at radius 3 is 2.90 bits per heavy atom. The summed E-state index contributed by atoms with van der Waals surface area (Å²) in [6.45, 7) is 2.02. The molecule has 1 aliphatic heterocycles. The van der Waals surface area contributed by atoms with E-state index in [-0.39, 0.29) is 12.5 Å². The van der Waals surface area contributed by atoms with Crippen molar-refractivity contribution in [2.75, 3.05) is 16.8 Å². The number of anilines is 3. The predicted octanol–water partition coefficient (Wildman–Crippen LogP) is 2.35. The van der Waals surface area contributed by atoms with Gasteiger partial charge in [0.1, 0.15) is 12.6 Å². The number of benzene rings is 1. The average molecular weight is 264 g/mol. The molecule has 0 spiro atoms. The number of fused-ring (bicyclic) bond motifs is 1. The van der Waals surface area contributed by atoms with Crippen molar-refractivity contribution < 1.29 is 4.79 Å². The summed E-state index contributed by atoms with van der Waals surface area (Å²) in [6.07, 6.45) is 0. The van der Waals surface area contributed by atoms with Crippen molar-refractivity contribution in [2.45, 2.75) is 6.92 Å². The van der Waals surface area contributed by atoms with Crippen molar-refractivity contribution in [3.8, 4) is 6.07 Å². The molecule has 0 bridgehead atoms. The largest absolute Gasteiger partial charge is 0.323 e. The first-order valence-electron chi connectivity index (χ1n) is 6.23. The molecule has 5 heteroatoms. The van der Waals surface area contributed by atoms with Crippen LogP contribution in [0.5, 0.6) is 0 Å². The predicted molar refractivity (Wildman–Crippen MR) is 75.8 cm³/mol. The maximum Gasteiger partial charge on any atom is 0.244 e. The van der Waals surface area contributed by atoms with Gasteiger partial charge in [-0.25, -0.2) is 4.98 Å². The van der Waals surface area contributed by atoms with E-state index >= 15 is 0 Å². The van der Waals surface area contributed by atoms with Crippen molar-refractivity contribution in [1.29, 1.82) is 5.26 Å². The smallest absolute Gasteiger partial charge is 0.244 e. The van der Waals surface area contributed by atoms with E-state index in [1.165, 1.54) is 0 Å². The number of hydrogen-bond donors (Lipinski definition) is 1. The van der Waals surface area contributed by atoms with Crippen LogP contribution in [0.25, 0.3) is 0 Å². The molecule has 1 amide bonds. The number of nitrogens with zero attached hydrogens (tertiary/aromatic N) is 3. The zero-order chi connectivity index (χ0) is 14.1. The number of carbonyl (C=O) groups is 1. The maximum absolute atomic E-state index is 11.8. The molecule has 0 atom stereocenters. The SMILES string of the molecule is Cc1ccc(C#N)c(N2CC(=O)Nc3ccccc32)n1. The molecule has 3 rings (SSSR count). The fourth-order valence-electron chi connectivity index (χ4n) is 2.26. The molecule has 1 aromatic carbocycles. The lowest BCUT2D eigenvalue weighted by molar-refractivity contribution is -0.115. The Labute approximate surface area is 116 Å². The number of hydrogen-bond acceptors (Lipinski definition) is 4. The highest BCUT2D eigenvalue weighted by Gasteiger charge is 2.25. The lowest BCUT2D eigenvalue weighted by Gasteiger charge is -2.30. The minimum absolute atomic E-state index is 0.115. The number of pyridine rings is 1. The van der Waals surface area contributed by atoms with Gasteiger partial charge in [-0.1, -0.05) is 12.1 Å². The molecule has 98 valence electrons. The molecule has 5 nitrogen and oxygen atoms in total. The summed E-state index contributed by atoms with van der Waals surface area (Å²) in [5.41, 5.74) is 2.85. The maximum atomic E-state index is 11.8. The molecule has 0 saturated heterocycles. The van der Waals surface area contributed by atoms with Crippen molar-refractivity contribution in [3.63, 3.8) is 0 Å². The van der Waals surface area contributed by atoms with Gasteiger partial charge in [0.25, 0.3) is 0 Å². The van der Waals surface area contributed by atoms with Gasteiger partial charge < -0.3 is 10.2 Å². The van der Waals surface area contributed by atoms with Crippen LogP contribution in [0, 0.1) is 18.3 Å². The number of rotatable bonds is 1. The molecule has 1 aliphatic rings. The van der Waals surface area contributed by atoms with Crippen LogP contribution in [-0.2, 0) is 4.79 Å². The number of para-hydroxylation sites is 2. The van der Waals surface area contributed by atoms with Crippen LogP contribution >= 0.6 is 0 Å². The van der Waals surface area contributed by atoms with E-state index in [1.807, 2.05) is 31.2 Å². The molecule has 0 unspecified atom stereocenters. The van der Waals surface area contributed by atoms with Crippen LogP contribution in [0.4, 0.5) is 17.2 Å². The zero-order valence-electron chi connectivity index (χ0n) is 10.9. The molecular weight excluding hydrogens is 252 g/mol. The van der Waals surface area contributed by atoms with Crippen molar-refractivity contribution >= 4 is 23.1 Å².